The molecule has 2 rings (SSSR count). The van der Waals surface area contributed by atoms with Gasteiger partial charge in [-0.1, -0.05) is 13.0 Å². The molecule has 21 heavy (non-hydrogen) atoms. The summed E-state index contributed by atoms with van der Waals surface area (Å²) in [6.45, 7) is 2.82. The van der Waals surface area contributed by atoms with E-state index in [2.05, 4.69) is 10.3 Å². The van der Waals surface area contributed by atoms with Gasteiger partial charge in [0.2, 0.25) is 11.8 Å². The van der Waals surface area contributed by atoms with E-state index in [1.54, 1.807) is 24.0 Å². The number of primary amides is 1. The Morgan fingerprint density at radius 1 is 1.43 bits per heavy atom. The molecule has 0 saturated carbocycles. The van der Waals surface area contributed by atoms with Gasteiger partial charge in [-0.3, -0.25) is 14.4 Å². The lowest BCUT2D eigenvalue weighted by atomic mass is 10.1. The monoisotopic (exact) mass is 290 g/mol. The molecule has 0 aliphatic carbocycles. The van der Waals surface area contributed by atoms with Crippen LogP contribution in [0.1, 0.15) is 30.3 Å². The number of nitrogens with two attached hydrogens (primary N) is 1. The van der Waals surface area contributed by atoms with Crippen LogP contribution in [0.15, 0.2) is 18.2 Å². The van der Waals surface area contributed by atoms with Crippen LogP contribution in [0, 0.1) is 5.92 Å². The highest BCUT2D eigenvalue weighted by molar-refractivity contribution is 5.94. The summed E-state index contributed by atoms with van der Waals surface area (Å²) in [5.74, 6) is -0.752. The zero-order valence-corrected chi connectivity index (χ0v) is 11.8. The fourth-order valence-electron chi connectivity index (χ4n) is 2.29. The number of anilines is 1. The Kier molecular flexibility index (Phi) is 4.52. The van der Waals surface area contributed by atoms with Gasteiger partial charge < -0.3 is 16.0 Å². The number of aromatic nitrogens is 1. The highest BCUT2D eigenvalue weighted by atomic mass is 16.2. The smallest absolute Gasteiger partial charge is 0.267 e. The summed E-state index contributed by atoms with van der Waals surface area (Å²) in [6, 6.07) is 4.67. The lowest BCUT2D eigenvalue weighted by Gasteiger charge is -2.15. The maximum absolute atomic E-state index is 12.1. The van der Waals surface area contributed by atoms with E-state index in [1.807, 2.05) is 0 Å². The number of amides is 3. The minimum absolute atomic E-state index is 0.0548. The molecule has 1 aliphatic rings. The van der Waals surface area contributed by atoms with E-state index in [-0.39, 0.29) is 29.2 Å². The van der Waals surface area contributed by atoms with Gasteiger partial charge >= 0.3 is 0 Å². The molecule has 112 valence electrons. The van der Waals surface area contributed by atoms with Crippen molar-refractivity contribution in [3.63, 3.8) is 0 Å². The van der Waals surface area contributed by atoms with E-state index >= 15 is 0 Å². The molecule has 2 heterocycles. The van der Waals surface area contributed by atoms with Gasteiger partial charge in [0.15, 0.2) is 0 Å². The lowest BCUT2D eigenvalue weighted by Crippen LogP contribution is -2.31. The number of hydrogen-bond acceptors (Lipinski definition) is 4. The first-order valence-corrected chi connectivity index (χ1v) is 6.86. The second-order valence-corrected chi connectivity index (χ2v) is 4.94. The molecule has 0 radical (unpaired) electrons. The van der Waals surface area contributed by atoms with E-state index in [1.165, 1.54) is 6.07 Å². The van der Waals surface area contributed by atoms with Crippen LogP contribution in [0.2, 0.25) is 0 Å². The molecule has 0 bridgehead atoms. The zero-order chi connectivity index (χ0) is 15.4. The van der Waals surface area contributed by atoms with Crippen molar-refractivity contribution in [3.8, 4) is 0 Å². The largest absolute Gasteiger partial charge is 0.364 e. The molecule has 1 aromatic rings. The minimum atomic E-state index is -0.647. The van der Waals surface area contributed by atoms with E-state index in [0.717, 1.165) is 0 Å². The molecule has 3 amide bonds. The highest BCUT2D eigenvalue weighted by Gasteiger charge is 2.30. The van der Waals surface area contributed by atoms with Crippen molar-refractivity contribution in [2.24, 2.45) is 11.7 Å². The predicted octanol–water partition coefficient (Wildman–Crippen LogP) is 0.378. The van der Waals surface area contributed by atoms with Crippen molar-refractivity contribution < 1.29 is 14.4 Å². The Labute approximate surface area is 122 Å². The number of likely N-dealkylation sites (tertiary alicyclic amines) is 1. The molecule has 1 atom stereocenters. The number of nitrogens with zero attached hydrogens (tertiary/aromatic N) is 2. The summed E-state index contributed by atoms with van der Waals surface area (Å²) in [5, 5.41) is 2.66. The number of carbonyl (C=O) groups excluding carboxylic acids is 3. The average Bonchev–Trinajstić information content (AvgIpc) is 2.96. The highest BCUT2D eigenvalue weighted by Crippen LogP contribution is 2.19. The molecule has 3 N–H and O–H groups in total. The maximum atomic E-state index is 12.1. The Morgan fingerprint density at radius 3 is 2.86 bits per heavy atom. The van der Waals surface area contributed by atoms with Gasteiger partial charge in [0.25, 0.3) is 5.91 Å². The van der Waals surface area contributed by atoms with Gasteiger partial charge in [0.05, 0.1) is 5.92 Å². The number of carbonyl (C=O) groups is 3. The molecule has 1 fully saturated rings. The van der Waals surface area contributed by atoms with Crippen LogP contribution < -0.4 is 11.1 Å². The molecule has 1 aromatic heterocycles. The number of pyridine rings is 1. The second kappa shape index (κ2) is 6.34. The van der Waals surface area contributed by atoms with Gasteiger partial charge in [0.1, 0.15) is 11.5 Å². The van der Waals surface area contributed by atoms with Crippen LogP contribution in [0.4, 0.5) is 5.82 Å². The maximum Gasteiger partial charge on any atom is 0.267 e. The SMILES string of the molecule is CCC(=O)N1CCC(C(=O)Nc2cccc(C(N)=O)n2)C1. The van der Waals surface area contributed by atoms with E-state index in [4.69, 9.17) is 5.73 Å². The van der Waals surface area contributed by atoms with Gasteiger partial charge in [-0.25, -0.2) is 4.98 Å². The molecular weight excluding hydrogens is 272 g/mol. The summed E-state index contributed by atoms with van der Waals surface area (Å²) < 4.78 is 0. The van der Waals surface area contributed by atoms with Crippen molar-refractivity contribution in [1.29, 1.82) is 0 Å². The Balaban J connectivity index is 1.98. The topological polar surface area (TPSA) is 105 Å². The third kappa shape index (κ3) is 3.56. The van der Waals surface area contributed by atoms with Crippen LogP contribution in [0.5, 0.6) is 0 Å². The second-order valence-electron chi connectivity index (χ2n) is 4.94. The van der Waals surface area contributed by atoms with E-state index in [9.17, 15) is 14.4 Å². The van der Waals surface area contributed by atoms with Crippen LogP contribution >= 0.6 is 0 Å². The summed E-state index contributed by atoms with van der Waals surface area (Å²) in [7, 11) is 0. The predicted molar refractivity (Wildman–Crippen MR) is 76.4 cm³/mol. The summed E-state index contributed by atoms with van der Waals surface area (Å²) in [6.07, 6.45) is 1.07. The molecule has 1 saturated heterocycles. The Bertz CT molecular complexity index is 573. The van der Waals surface area contributed by atoms with Crippen LogP contribution in [0.25, 0.3) is 0 Å². The molecular formula is C14H18N4O3. The molecule has 0 spiro atoms. The van der Waals surface area contributed by atoms with Gasteiger partial charge in [0, 0.05) is 19.5 Å². The normalized spacial score (nSPS) is 17.6. The molecule has 1 aliphatic heterocycles. The Morgan fingerprint density at radius 2 is 2.19 bits per heavy atom. The molecule has 1 unspecified atom stereocenters. The third-order valence-electron chi connectivity index (χ3n) is 3.47. The van der Waals surface area contributed by atoms with Crippen LogP contribution in [-0.2, 0) is 9.59 Å². The fraction of sp³-hybridized carbons (Fsp3) is 0.429. The quantitative estimate of drug-likeness (QED) is 0.836. The molecule has 7 heteroatoms. The Hall–Kier alpha value is -2.44. The number of nitrogens with one attached hydrogen (secondary N) is 1. The van der Waals surface area contributed by atoms with Gasteiger partial charge in [-0.05, 0) is 18.6 Å². The summed E-state index contributed by atoms with van der Waals surface area (Å²) >= 11 is 0. The first kappa shape index (κ1) is 15.0. The van der Waals surface area contributed by atoms with E-state index in [0.29, 0.717) is 25.9 Å². The first-order chi connectivity index (χ1) is 10.0. The van der Waals surface area contributed by atoms with Crippen molar-refractivity contribution in [1.82, 2.24) is 9.88 Å². The molecule has 0 aromatic carbocycles. The molecule has 7 nitrogen and oxygen atoms in total. The summed E-state index contributed by atoms with van der Waals surface area (Å²) in [4.78, 5) is 40.4. The first-order valence-electron chi connectivity index (χ1n) is 6.86. The van der Waals surface area contributed by atoms with Crippen LogP contribution in [0.3, 0.4) is 0 Å². The number of hydrogen-bond donors (Lipinski definition) is 2. The van der Waals surface area contributed by atoms with Crippen molar-refractivity contribution in [2.45, 2.75) is 19.8 Å². The van der Waals surface area contributed by atoms with Crippen molar-refractivity contribution in [3.05, 3.63) is 23.9 Å². The summed E-state index contributed by atoms with van der Waals surface area (Å²) in [5.41, 5.74) is 5.24. The lowest BCUT2D eigenvalue weighted by molar-refractivity contribution is -0.130. The van der Waals surface area contributed by atoms with E-state index < -0.39 is 5.91 Å². The van der Waals surface area contributed by atoms with Gasteiger partial charge in [-0.15, -0.1) is 0 Å². The minimum Gasteiger partial charge on any atom is -0.364 e. The standard InChI is InChI=1S/C14H18N4O3/c1-2-12(19)18-7-6-9(8-18)14(21)17-11-5-3-4-10(16-11)13(15)20/h3-5,9H,2,6-8H2,1H3,(H2,15,20)(H,16,17,21). The van der Waals surface area contributed by atoms with Crippen molar-refractivity contribution >= 4 is 23.5 Å². The van der Waals surface area contributed by atoms with Crippen molar-refractivity contribution in [2.75, 3.05) is 18.4 Å². The van der Waals surface area contributed by atoms with Crippen LogP contribution in [-0.4, -0.2) is 40.7 Å². The number of rotatable bonds is 4. The van der Waals surface area contributed by atoms with Gasteiger partial charge in [-0.2, -0.15) is 0 Å². The zero-order valence-electron chi connectivity index (χ0n) is 11.8. The fourth-order valence-corrected chi connectivity index (χ4v) is 2.29. The average molecular weight is 290 g/mol. The third-order valence-corrected chi connectivity index (χ3v) is 3.47.